The highest BCUT2D eigenvalue weighted by molar-refractivity contribution is 7.12. The van der Waals surface area contributed by atoms with E-state index in [-0.39, 0.29) is 5.78 Å². The molecule has 0 unspecified atom stereocenters. The lowest BCUT2D eigenvalue weighted by Crippen LogP contribution is -2.07. The molecule has 3 rings (SSSR count). The number of rotatable bonds is 4. The first-order valence-electron chi connectivity index (χ1n) is 7.74. The quantitative estimate of drug-likeness (QED) is 0.561. The first-order chi connectivity index (χ1) is 10.8. The van der Waals surface area contributed by atoms with Crippen LogP contribution in [0.2, 0.25) is 0 Å². The summed E-state index contributed by atoms with van der Waals surface area (Å²) >= 11 is 1.52. The summed E-state index contributed by atoms with van der Waals surface area (Å²) in [5, 5.41) is 1.96. The van der Waals surface area contributed by atoms with Crippen molar-refractivity contribution >= 4 is 22.7 Å². The third kappa shape index (κ3) is 3.14. The van der Waals surface area contributed by atoms with Gasteiger partial charge in [-0.15, -0.1) is 11.3 Å². The van der Waals surface area contributed by atoms with E-state index in [0.29, 0.717) is 0 Å². The number of Topliss-reactive ketones (excluding diaryl/α,β-unsaturated/α-hetero) is 1. The van der Waals surface area contributed by atoms with Crippen molar-refractivity contribution in [3.8, 4) is 5.75 Å². The average molecular weight is 312 g/mol. The molecule has 0 amide bonds. The van der Waals surface area contributed by atoms with Gasteiger partial charge in [-0.3, -0.25) is 4.79 Å². The molecule has 1 aliphatic rings. The minimum Gasteiger partial charge on any atom is -0.497 e. The van der Waals surface area contributed by atoms with Crippen molar-refractivity contribution in [2.24, 2.45) is 0 Å². The van der Waals surface area contributed by atoms with E-state index >= 15 is 0 Å². The first-order valence-corrected chi connectivity index (χ1v) is 8.62. The van der Waals surface area contributed by atoms with Gasteiger partial charge in [0.1, 0.15) is 5.75 Å². The van der Waals surface area contributed by atoms with E-state index in [0.717, 1.165) is 34.6 Å². The highest BCUT2D eigenvalue weighted by atomic mass is 32.1. The van der Waals surface area contributed by atoms with Gasteiger partial charge in [0.05, 0.1) is 12.0 Å². The number of hydrogen-bond acceptors (Lipinski definition) is 3. The van der Waals surface area contributed by atoms with Crippen molar-refractivity contribution in [2.45, 2.75) is 32.1 Å². The van der Waals surface area contributed by atoms with Crippen molar-refractivity contribution < 1.29 is 9.53 Å². The van der Waals surface area contributed by atoms with Gasteiger partial charge < -0.3 is 4.74 Å². The van der Waals surface area contributed by atoms with Crippen LogP contribution in [0.25, 0.3) is 5.57 Å². The van der Waals surface area contributed by atoms with Crippen LogP contribution in [0.1, 0.15) is 47.3 Å². The molecule has 2 nitrogen and oxygen atoms in total. The second-order valence-corrected chi connectivity index (χ2v) is 6.52. The average Bonchev–Trinajstić information content (AvgIpc) is 3.11. The van der Waals surface area contributed by atoms with Crippen molar-refractivity contribution in [2.75, 3.05) is 7.11 Å². The zero-order chi connectivity index (χ0) is 15.4. The lowest BCUT2D eigenvalue weighted by molar-refractivity contribution is 0.105. The molecule has 114 valence electrons. The molecule has 0 radical (unpaired) electrons. The number of carbonyl (C=O) groups is 1. The Bertz CT molecular complexity index is 658. The number of ether oxygens (including phenoxy) is 1. The fourth-order valence-electron chi connectivity index (χ4n) is 3.01. The van der Waals surface area contributed by atoms with Gasteiger partial charge >= 0.3 is 0 Å². The molecule has 1 saturated carbocycles. The third-order valence-corrected chi connectivity index (χ3v) is 5.03. The Hall–Kier alpha value is -1.87. The summed E-state index contributed by atoms with van der Waals surface area (Å²) in [6.45, 7) is 0. The molecule has 1 heterocycles. The first kappa shape index (κ1) is 15.0. The van der Waals surface area contributed by atoms with Crippen LogP contribution in [0.3, 0.4) is 0 Å². The van der Waals surface area contributed by atoms with Gasteiger partial charge in [0.2, 0.25) is 5.78 Å². The Kier molecular flexibility index (Phi) is 4.74. The van der Waals surface area contributed by atoms with E-state index in [1.165, 1.54) is 36.2 Å². The van der Waals surface area contributed by atoms with E-state index in [2.05, 4.69) is 0 Å². The number of carbonyl (C=O) groups excluding carboxylic acids is 1. The summed E-state index contributed by atoms with van der Waals surface area (Å²) in [6, 6.07) is 11.7. The van der Waals surface area contributed by atoms with Crippen molar-refractivity contribution in [3.05, 3.63) is 57.8 Å². The van der Waals surface area contributed by atoms with Crippen molar-refractivity contribution in [1.29, 1.82) is 0 Å². The number of methoxy groups -OCH3 is 1. The molecule has 1 aliphatic carbocycles. The predicted octanol–water partition coefficient (Wildman–Crippen LogP) is 5.36. The Labute approximate surface area is 135 Å². The van der Waals surface area contributed by atoms with E-state index in [1.54, 1.807) is 7.11 Å². The third-order valence-electron chi connectivity index (χ3n) is 4.16. The maximum absolute atomic E-state index is 13.0. The minimum atomic E-state index is 0.164. The number of benzene rings is 1. The predicted molar refractivity (Wildman–Crippen MR) is 91.6 cm³/mol. The van der Waals surface area contributed by atoms with Gasteiger partial charge in [-0.2, -0.15) is 0 Å². The van der Waals surface area contributed by atoms with Gasteiger partial charge in [-0.1, -0.05) is 30.2 Å². The largest absolute Gasteiger partial charge is 0.497 e. The summed E-state index contributed by atoms with van der Waals surface area (Å²) in [5.74, 6) is 0.984. The van der Waals surface area contributed by atoms with Crippen LogP contribution in [-0.4, -0.2) is 12.9 Å². The molecular weight excluding hydrogens is 292 g/mol. The fourth-order valence-corrected chi connectivity index (χ4v) is 3.68. The number of thiophene rings is 1. The van der Waals surface area contributed by atoms with Crippen LogP contribution in [0.4, 0.5) is 0 Å². The molecule has 0 N–H and O–H groups in total. The second kappa shape index (κ2) is 6.93. The molecule has 0 atom stereocenters. The minimum absolute atomic E-state index is 0.164. The van der Waals surface area contributed by atoms with Gasteiger partial charge in [0, 0.05) is 5.57 Å². The normalized spacial score (nSPS) is 14.7. The number of allylic oxidation sites excluding steroid dienone is 2. The standard InChI is InChI=1S/C19H20O2S/c1-21-16-11-9-15(10-12-16)18(14-6-3-2-4-7-14)19(20)17-8-5-13-22-17/h5,8-13H,2-4,6-7H2,1H3. The van der Waals surface area contributed by atoms with Crippen LogP contribution in [0, 0.1) is 0 Å². The monoisotopic (exact) mass is 312 g/mol. The SMILES string of the molecule is COc1ccc(C(C(=O)c2cccs2)=C2CCCCC2)cc1. The summed E-state index contributed by atoms with van der Waals surface area (Å²) in [5.41, 5.74) is 3.23. The highest BCUT2D eigenvalue weighted by Gasteiger charge is 2.21. The van der Waals surface area contributed by atoms with Crippen LogP contribution >= 0.6 is 11.3 Å². The maximum atomic E-state index is 13.0. The number of hydrogen-bond donors (Lipinski definition) is 0. The summed E-state index contributed by atoms with van der Waals surface area (Å²) in [4.78, 5) is 13.8. The zero-order valence-electron chi connectivity index (χ0n) is 12.8. The molecule has 0 spiro atoms. The molecule has 3 heteroatoms. The molecule has 1 fully saturated rings. The molecule has 0 aliphatic heterocycles. The zero-order valence-corrected chi connectivity index (χ0v) is 13.6. The topological polar surface area (TPSA) is 26.3 Å². The lowest BCUT2D eigenvalue weighted by Gasteiger charge is -2.19. The lowest BCUT2D eigenvalue weighted by atomic mass is 9.86. The van der Waals surface area contributed by atoms with Crippen LogP contribution in [-0.2, 0) is 0 Å². The fraction of sp³-hybridized carbons (Fsp3) is 0.316. The molecule has 0 bridgehead atoms. The van der Waals surface area contributed by atoms with Gasteiger partial charge in [-0.05, 0) is 54.8 Å². The van der Waals surface area contributed by atoms with Crippen LogP contribution in [0.15, 0.2) is 47.4 Å². The highest BCUT2D eigenvalue weighted by Crippen LogP contribution is 2.34. The van der Waals surface area contributed by atoms with E-state index in [4.69, 9.17) is 4.74 Å². The molecule has 0 saturated heterocycles. The Morgan fingerprint density at radius 2 is 1.77 bits per heavy atom. The summed E-state index contributed by atoms with van der Waals surface area (Å²) in [6.07, 6.45) is 5.73. The molecule has 2 aromatic rings. The van der Waals surface area contributed by atoms with E-state index in [9.17, 15) is 4.79 Å². The molecule has 1 aromatic heterocycles. The molecule has 1 aromatic carbocycles. The van der Waals surface area contributed by atoms with Crippen molar-refractivity contribution in [1.82, 2.24) is 0 Å². The smallest absolute Gasteiger partial charge is 0.203 e. The van der Waals surface area contributed by atoms with Crippen LogP contribution < -0.4 is 4.74 Å². The summed E-state index contributed by atoms with van der Waals surface area (Å²) < 4.78 is 5.23. The Balaban J connectivity index is 2.04. The molecule has 22 heavy (non-hydrogen) atoms. The molecular formula is C19H20O2S. The Morgan fingerprint density at radius 1 is 1.05 bits per heavy atom. The van der Waals surface area contributed by atoms with Crippen molar-refractivity contribution in [3.63, 3.8) is 0 Å². The van der Waals surface area contributed by atoms with Gasteiger partial charge in [0.15, 0.2) is 0 Å². The second-order valence-electron chi connectivity index (χ2n) is 5.57. The maximum Gasteiger partial charge on any atom is 0.203 e. The number of ketones is 1. The summed E-state index contributed by atoms with van der Waals surface area (Å²) in [7, 11) is 1.66. The Morgan fingerprint density at radius 3 is 2.36 bits per heavy atom. The van der Waals surface area contributed by atoms with Gasteiger partial charge in [-0.25, -0.2) is 0 Å². The van der Waals surface area contributed by atoms with Gasteiger partial charge in [0.25, 0.3) is 0 Å². The van der Waals surface area contributed by atoms with E-state index < -0.39 is 0 Å². The van der Waals surface area contributed by atoms with Crippen LogP contribution in [0.5, 0.6) is 5.75 Å². The van der Waals surface area contributed by atoms with E-state index in [1.807, 2.05) is 41.8 Å².